The van der Waals surface area contributed by atoms with Gasteiger partial charge in [-0.1, -0.05) is 159 Å². The first-order valence-corrected chi connectivity index (χ1v) is 21.8. The topological polar surface area (TPSA) is 103 Å². The van der Waals surface area contributed by atoms with E-state index in [0.717, 1.165) is 33.6 Å². The molecule has 0 radical (unpaired) electrons. The van der Waals surface area contributed by atoms with Crippen molar-refractivity contribution in [2.45, 2.75) is 100 Å². The molecule has 11 atom stereocenters. The van der Waals surface area contributed by atoms with E-state index >= 15 is 0 Å². The number of hydrogen-bond acceptors (Lipinski definition) is 11. The molecule has 10 nitrogen and oxygen atoms in total. The molecule has 1 N–H and O–H groups in total. The molecule has 3 aliphatic rings. The number of thioether (sulfide) groups is 1. The molecular formula is C49H54O10S. The Morgan fingerprint density at radius 1 is 0.533 bits per heavy atom. The van der Waals surface area contributed by atoms with Crippen LogP contribution in [0.5, 0.6) is 0 Å². The van der Waals surface area contributed by atoms with Crippen LogP contribution in [0.4, 0.5) is 0 Å². The van der Waals surface area contributed by atoms with E-state index in [0.29, 0.717) is 13.2 Å². The fraction of sp³-hybridized carbons (Fsp3) is 0.388. The summed E-state index contributed by atoms with van der Waals surface area (Å²) in [6, 6.07) is 49.9. The first-order valence-electron chi connectivity index (χ1n) is 20.8. The van der Waals surface area contributed by atoms with Gasteiger partial charge in [0, 0.05) is 5.56 Å². The highest BCUT2D eigenvalue weighted by molar-refractivity contribution is 7.99. The van der Waals surface area contributed by atoms with E-state index in [-0.39, 0.29) is 26.4 Å². The lowest BCUT2D eigenvalue weighted by Crippen LogP contribution is -2.66. The van der Waals surface area contributed by atoms with Crippen LogP contribution in [-0.2, 0) is 69.1 Å². The standard InChI is InChI=1S/C49H54O10S/c1-2-60-49-46(54-32-37-24-14-6-15-25-37)44(52-30-35-20-10-4-11-21-35)41(39(28-50)57-49)59-48-45(53-31-36-22-12-5-13-23-36)43(51-29-34-18-8-3-9-19-34)42-40(56-48)33-55-47(58-42)38-26-16-7-17-27-38/h3-27,39-50H,2,28-33H2,1H3/t39-,40-,41-,42-,43+,44+,45-,46-,47-,48-,49+/m1/s1. The summed E-state index contributed by atoms with van der Waals surface area (Å²) in [7, 11) is 0. The van der Waals surface area contributed by atoms with Crippen LogP contribution < -0.4 is 0 Å². The Kier molecular flexibility index (Phi) is 15.5. The summed E-state index contributed by atoms with van der Waals surface area (Å²) in [5, 5.41) is 11.0. The molecule has 3 saturated heterocycles. The molecule has 0 amide bonds. The summed E-state index contributed by atoms with van der Waals surface area (Å²) in [5.74, 6) is 0.763. The third kappa shape index (κ3) is 10.9. The predicted molar refractivity (Wildman–Crippen MR) is 227 cm³/mol. The number of ether oxygens (including phenoxy) is 9. The third-order valence-electron chi connectivity index (χ3n) is 10.9. The zero-order chi connectivity index (χ0) is 40.9. The van der Waals surface area contributed by atoms with Gasteiger partial charge in [0.25, 0.3) is 0 Å². The number of aliphatic hydroxyl groups excluding tert-OH is 1. The number of hydrogen-bond donors (Lipinski definition) is 1. The maximum absolute atomic E-state index is 11.0. The smallest absolute Gasteiger partial charge is 0.187 e. The molecule has 3 aliphatic heterocycles. The summed E-state index contributed by atoms with van der Waals surface area (Å²) < 4.78 is 61.2. The number of fused-ring (bicyclic) bond motifs is 1. The molecule has 11 heteroatoms. The molecule has 8 rings (SSSR count). The van der Waals surface area contributed by atoms with E-state index in [1.807, 2.05) is 152 Å². The summed E-state index contributed by atoms with van der Waals surface area (Å²) in [5.41, 5.74) is 4.42. The van der Waals surface area contributed by atoms with Crippen molar-refractivity contribution in [2.24, 2.45) is 0 Å². The highest BCUT2D eigenvalue weighted by Gasteiger charge is 2.55. The zero-order valence-corrected chi connectivity index (χ0v) is 34.6. The normalized spacial score (nSPS) is 29.1. The maximum Gasteiger partial charge on any atom is 0.187 e. The predicted octanol–water partition coefficient (Wildman–Crippen LogP) is 8.02. The van der Waals surface area contributed by atoms with Gasteiger partial charge in [-0.2, -0.15) is 0 Å². The average molecular weight is 835 g/mol. The fourth-order valence-electron chi connectivity index (χ4n) is 7.88. The molecule has 5 aromatic carbocycles. The van der Waals surface area contributed by atoms with Gasteiger partial charge in [-0.05, 0) is 28.0 Å². The monoisotopic (exact) mass is 834 g/mol. The van der Waals surface area contributed by atoms with E-state index in [1.54, 1.807) is 11.8 Å². The first kappa shape index (κ1) is 42.7. The zero-order valence-electron chi connectivity index (χ0n) is 33.8. The molecular weight excluding hydrogens is 781 g/mol. The molecule has 5 aromatic rings. The summed E-state index contributed by atoms with van der Waals surface area (Å²) in [4.78, 5) is 0. The van der Waals surface area contributed by atoms with Crippen molar-refractivity contribution >= 4 is 11.8 Å². The quantitative estimate of drug-likeness (QED) is 0.0929. The number of aliphatic hydroxyl groups is 1. The lowest BCUT2D eigenvalue weighted by molar-refractivity contribution is -0.389. The van der Waals surface area contributed by atoms with E-state index in [9.17, 15) is 5.11 Å². The Labute approximate surface area is 357 Å². The first-order chi connectivity index (χ1) is 29.7. The van der Waals surface area contributed by atoms with Crippen molar-refractivity contribution in [3.8, 4) is 0 Å². The van der Waals surface area contributed by atoms with E-state index in [2.05, 4.69) is 6.92 Å². The Balaban J connectivity index is 1.14. The van der Waals surface area contributed by atoms with Crippen LogP contribution >= 0.6 is 11.8 Å². The summed E-state index contributed by atoms with van der Waals surface area (Å²) >= 11 is 1.61. The molecule has 0 aromatic heterocycles. The molecule has 0 saturated carbocycles. The largest absolute Gasteiger partial charge is 0.394 e. The second kappa shape index (κ2) is 21.7. The van der Waals surface area contributed by atoms with Crippen LogP contribution in [0.15, 0.2) is 152 Å². The lowest BCUT2D eigenvalue weighted by atomic mass is 9.95. The van der Waals surface area contributed by atoms with Gasteiger partial charge >= 0.3 is 0 Å². The van der Waals surface area contributed by atoms with E-state index in [4.69, 9.17) is 42.6 Å². The van der Waals surface area contributed by atoms with Gasteiger partial charge in [0.15, 0.2) is 12.6 Å². The minimum absolute atomic E-state index is 0.219. The minimum atomic E-state index is -1.02. The molecule has 60 heavy (non-hydrogen) atoms. The van der Waals surface area contributed by atoms with Crippen molar-refractivity contribution in [1.29, 1.82) is 0 Å². The van der Waals surface area contributed by atoms with Crippen LogP contribution in [0.1, 0.15) is 41.0 Å². The Morgan fingerprint density at radius 2 is 1.00 bits per heavy atom. The SMILES string of the molecule is CCS[C@@H]1O[C@H](CO)[C@@H](O[C@H]2O[C@@H]3CO[C@@H](c4ccccc4)O[C@H]3[C@H](OCc3ccccc3)[C@H]2OCc2ccccc2)[C@H](OCc2ccccc2)[C@H]1OCc1ccccc1. The third-order valence-corrected chi connectivity index (χ3v) is 11.9. The molecule has 3 heterocycles. The second-order valence-corrected chi connectivity index (χ2v) is 16.4. The highest BCUT2D eigenvalue weighted by Crippen LogP contribution is 2.40. The van der Waals surface area contributed by atoms with Crippen LogP contribution in [0.2, 0.25) is 0 Å². The maximum atomic E-state index is 11.0. The van der Waals surface area contributed by atoms with Gasteiger partial charge in [0.1, 0.15) is 54.3 Å². The molecule has 316 valence electrons. The molecule has 0 bridgehead atoms. The minimum Gasteiger partial charge on any atom is -0.394 e. The molecule has 3 fully saturated rings. The molecule has 0 aliphatic carbocycles. The van der Waals surface area contributed by atoms with Gasteiger partial charge in [0.2, 0.25) is 0 Å². The Bertz CT molecular complexity index is 1960. The number of benzene rings is 5. The number of rotatable bonds is 18. The average Bonchev–Trinajstić information content (AvgIpc) is 3.31. The van der Waals surface area contributed by atoms with Crippen molar-refractivity contribution in [1.82, 2.24) is 0 Å². The Hall–Kier alpha value is -3.95. The summed E-state index contributed by atoms with van der Waals surface area (Å²) in [6.07, 6.45) is -7.19. The highest BCUT2D eigenvalue weighted by atomic mass is 32.2. The van der Waals surface area contributed by atoms with Gasteiger partial charge in [0.05, 0.1) is 39.6 Å². The molecule has 0 unspecified atom stereocenters. The van der Waals surface area contributed by atoms with Gasteiger partial charge < -0.3 is 47.7 Å². The van der Waals surface area contributed by atoms with Crippen molar-refractivity contribution in [3.05, 3.63) is 179 Å². The van der Waals surface area contributed by atoms with Crippen molar-refractivity contribution in [3.63, 3.8) is 0 Å². The summed E-state index contributed by atoms with van der Waals surface area (Å²) in [6.45, 7) is 3.14. The van der Waals surface area contributed by atoms with Crippen molar-refractivity contribution < 1.29 is 47.7 Å². The lowest BCUT2D eigenvalue weighted by Gasteiger charge is -2.51. The van der Waals surface area contributed by atoms with Gasteiger partial charge in [-0.25, -0.2) is 0 Å². The van der Waals surface area contributed by atoms with Gasteiger partial charge in [-0.15, -0.1) is 11.8 Å². The van der Waals surface area contributed by atoms with Gasteiger partial charge in [-0.3, -0.25) is 0 Å². The Morgan fingerprint density at radius 3 is 1.50 bits per heavy atom. The molecule has 0 spiro atoms. The van der Waals surface area contributed by atoms with E-state index in [1.165, 1.54) is 0 Å². The van der Waals surface area contributed by atoms with Crippen molar-refractivity contribution in [2.75, 3.05) is 19.0 Å². The van der Waals surface area contributed by atoms with E-state index < -0.39 is 66.8 Å². The van der Waals surface area contributed by atoms with Crippen LogP contribution in [-0.4, -0.2) is 84.6 Å². The fourth-order valence-corrected chi connectivity index (χ4v) is 8.85. The van der Waals surface area contributed by atoms with Crippen LogP contribution in [0.25, 0.3) is 0 Å². The van der Waals surface area contributed by atoms with Crippen LogP contribution in [0.3, 0.4) is 0 Å². The van der Waals surface area contributed by atoms with Crippen LogP contribution in [0, 0.1) is 0 Å². The second-order valence-electron chi connectivity index (χ2n) is 15.0.